The Kier molecular flexibility index (Phi) is 6.15. The molecule has 150 valence electrons. The molecule has 2 unspecified atom stereocenters. The molecule has 4 nitrogen and oxygen atoms in total. The Balaban J connectivity index is 1.57. The molecule has 0 saturated heterocycles. The van der Waals surface area contributed by atoms with E-state index in [1.54, 1.807) is 24.3 Å². The van der Waals surface area contributed by atoms with Gasteiger partial charge in [0.05, 0.1) is 5.52 Å². The fourth-order valence-electron chi connectivity index (χ4n) is 4.12. The summed E-state index contributed by atoms with van der Waals surface area (Å²) in [5, 5.41) is 4.55. The highest BCUT2D eigenvalue weighted by atomic mass is 19.1. The van der Waals surface area contributed by atoms with Crippen molar-refractivity contribution in [3.63, 3.8) is 0 Å². The summed E-state index contributed by atoms with van der Waals surface area (Å²) in [5.74, 6) is 2.40. The molecule has 1 fully saturated rings. The lowest BCUT2D eigenvalue weighted by Gasteiger charge is -2.28. The molecule has 0 aliphatic heterocycles. The maximum Gasteiger partial charge on any atom is 0.154 e. The average molecular weight is 391 g/mol. The van der Waals surface area contributed by atoms with Crippen molar-refractivity contribution < 1.29 is 4.39 Å². The number of nitrogens with zero attached hydrogens (tertiary/aromatic N) is 2. The third-order valence-electron chi connectivity index (χ3n) is 5.72. The molecule has 4 rings (SSSR count). The maximum atomic E-state index is 13.9. The van der Waals surface area contributed by atoms with Crippen molar-refractivity contribution in [3.05, 3.63) is 65.7 Å². The van der Waals surface area contributed by atoms with Crippen LogP contribution in [0.4, 0.5) is 10.2 Å². The molecule has 2 atom stereocenters. The normalized spacial score (nSPS) is 19.7. The van der Waals surface area contributed by atoms with Gasteiger partial charge in [-0.2, -0.15) is 0 Å². The zero-order valence-electron chi connectivity index (χ0n) is 16.5. The predicted molar refractivity (Wildman–Crippen MR) is 118 cm³/mol. The molecule has 3 aromatic rings. The molecule has 1 aromatic heterocycles. The Morgan fingerprint density at radius 2 is 1.79 bits per heavy atom. The smallest absolute Gasteiger partial charge is 0.154 e. The van der Waals surface area contributed by atoms with E-state index in [1.807, 2.05) is 30.3 Å². The molecule has 1 aliphatic rings. The number of hydrogen-bond acceptors (Lipinski definition) is 4. The Hall–Kier alpha value is -2.79. The van der Waals surface area contributed by atoms with Gasteiger partial charge < -0.3 is 11.1 Å². The molecule has 0 spiro atoms. The lowest BCUT2D eigenvalue weighted by Crippen LogP contribution is -2.26. The first-order chi connectivity index (χ1) is 14.2. The Labute approximate surface area is 171 Å². The highest BCUT2D eigenvalue weighted by molar-refractivity contribution is 5.90. The van der Waals surface area contributed by atoms with Crippen LogP contribution in [0.1, 0.15) is 37.1 Å². The summed E-state index contributed by atoms with van der Waals surface area (Å²) < 4.78 is 13.9. The van der Waals surface area contributed by atoms with Gasteiger partial charge in [-0.05, 0) is 68.0 Å². The van der Waals surface area contributed by atoms with Crippen LogP contribution in [0.2, 0.25) is 0 Å². The minimum atomic E-state index is -0.255. The van der Waals surface area contributed by atoms with Crippen molar-refractivity contribution in [3.8, 4) is 0 Å². The summed E-state index contributed by atoms with van der Waals surface area (Å²) in [6.07, 6.45) is 8.38. The Morgan fingerprint density at radius 3 is 2.66 bits per heavy atom. The van der Waals surface area contributed by atoms with Gasteiger partial charge in [0.25, 0.3) is 0 Å². The summed E-state index contributed by atoms with van der Waals surface area (Å²) in [5.41, 5.74) is 7.28. The van der Waals surface area contributed by atoms with Crippen LogP contribution >= 0.6 is 0 Å². The largest absolute Gasteiger partial charge is 0.369 e. The summed E-state index contributed by atoms with van der Waals surface area (Å²) in [4.78, 5) is 9.34. The summed E-state index contributed by atoms with van der Waals surface area (Å²) in [7, 11) is 0. The quantitative estimate of drug-likeness (QED) is 0.613. The van der Waals surface area contributed by atoms with Crippen LogP contribution in [-0.2, 0) is 0 Å². The predicted octanol–water partition coefficient (Wildman–Crippen LogP) is 5.12. The monoisotopic (exact) mass is 390 g/mol. The Bertz CT molecular complexity index is 1000. The minimum Gasteiger partial charge on any atom is -0.369 e. The third kappa shape index (κ3) is 4.80. The SMILES string of the molecule is NCC1CCCC(CNc2nc(/C=C/c3ccccc3F)nc3ccccc23)C1. The lowest BCUT2D eigenvalue weighted by molar-refractivity contribution is 0.281. The molecule has 3 N–H and O–H groups in total. The average Bonchev–Trinajstić information content (AvgIpc) is 2.77. The number of anilines is 1. The van der Waals surface area contributed by atoms with Gasteiger partial charge in [0, 0.05) is 17.5 Å². The molecule has 0 bridgehead atoms. The van der Waals surface area contributed by atoms with E-state index in [4.69, 9.17) is 10.7 Å². The molecular weight excluding hydrogens is 363 g/mol. The number of nitrogens with two attached hydrogens (primary N) is 1. The van der Waals surface area contributed by atoms with Crippen LogP contribution < -0.4 is 11.1 Å². The van der Waals surface area contributed by atoms with Crippen molar-refractivity contribution in [2.24, 2.45) is 17.6 Å². The molecule has 2 aromatic carbocycles. The zero-order chi connectivity index (χ0) is 20.1. The number of para-hydroxylation sites is 1. The van der Waals surface area contributed by atoms with Crippen molar-refractivity contribution >= 4 is 28.9 Å². The fourth-order valence-corrected chi connectivity index (χ4v) is 4.12. The van der Waals surface area contributed by atoms with E-state index >= 15 is 0 Å². The third-order valence-corrected chi connectivity index (χ3v) is 5.72. The highest BCUT2D eigenvalue weighted by Crippen LogP contribution is 2.29. The van der Waals surface area contributed by atoms with E-state index < -0.39 is 0 Å². The topological polar surface area (TPSA) is 63.8 Å². The standard InChI is InChI=1S/C24H27FN4/c25-21-10-3-1-8-19(21)12-13-23-28-22-11-4-2-9-20(22)24(29-23)27-16-18-7-5-6-17(14-18)15-26/h1-4,8-13,17-18H,5-7,14-16,26H2,(H,27,28,29)/b13-12+. The van der Waals surface area contributed by atoms with Gasteiger partial charge in [0.2, 0.25) is 0 Å². The number of aromatic nitrogens is 2. The van der Waals surface area contributed by atoms with Crippen LogP contribution in [-0.4, -0.2) is 23.1 Å². The molecule has 0 amide bonds. The summed E-state index contributed by atoms with van der Waals surface area (Å²) in [6, 6.07) is 14.7. The fraction of sp³-hybridized carbons (Fsp3) is 0.333. The van der Waals surface area contributed by atoms with E-state index in [9.17, 15) is 4.39 Å². The van der Waals surface area contributed by atoms with Crippen molar-refractivity contribution in [2.75, 3.05) is 18.4 Å². The van der Waals surface area contributed by atoms with Crippen molar-refractivity contribution in [2.45, 2.75) is 25.7 Å². The summed E-state index contributed by atoms with van der Waals surface area (Å²) in [6.45, 7) is 1.66. The van der Waals surface area contributed by atoms with Crippen LogP contribution in [0.5, 0.6) is 0 Å². The number of fused-ring (bicyclic) bond motifs is 1. The second kappa shape index (κ2) is 9.14. The van der Waals surface area contributed by atoms with E-state index in [-0.39, 0.29) is 5.82 Å². The van der Waals surface area contributed by atoms with Crippen LogP contribution in [0, 0.1) is 17.7 Å². The summed E-state index contributed by atoms with van der Waals surface area (Å²) >= 11 is 0. The van der Waals surface area contributed by atoms with Gasteiger partial charge in [0.15, 0.2) is 5.82 Å². The lowest BCUT2D eigenvalue weighted by atomic mass is 9.81. The first-order valence-electron chi connectivity index (χ1n) is 10.4. The minimum absolute atomic E-state index is 0.255. The van der Waals surface area contributed by atoms with Crippen LogP contribution in [0.3, 0.4) is 0 Å². The zero-order valence-corrected chi connectivity index (χ0v) is 16.5. The molecular formula is C24H27FN4. The second-order valence-electron chi connectivity index (χ2n) is 7.82. The first-order valence-corrected chi connectivity index (χ1v) is 10.4. The van der Waals surface area contributed by atoms with Gasteiger partial charge in [-0.15, -0.1) is 0 Å². The number of nitrogens with one attached hydrogen (secondary N) is 1. The molecule has 29 heavy (non-hydrogen) atoms. The molecule has 1 heterocycles. The van der Waals surface area contributed by atoms with Crippen LogP contribution in [0.15, 0.2) is 48.5 Å². The van der Waals surface area contributed by atoms with E-state index in [0.29, 0.717) is 23.2 Å². The van der Waals surface area contributed by atoms with Crippen LogP contribution in [0.25, 0.3) is 23.1 Å². The van der Waals surface area contributed by atoms with Gasteiger partial charge in [-0.1, -0.05) is 36.8 Å². The first kappa shape index (κ1) is 19.5. The number of hydrogen-bond donors (Lipinski definition) is 2. The van der Waals surface area contributed by atoms with E-state index in [2.05, 4.69) is 10.3 Å². The van der Waals surface area contributed by atoms with E-state index in [1.165, 1.54) is 31.7 Å². The van der Waals surface area contributed by atoms with Gasteiger partial charge in [0.1, 0.15) is 11.6 Å². The maximum absolute atomic E-state index is 13.9. The van der Waals surface area contributed by atoms with E-state index in [0.717, 1.165) is 29.8 Å². The molecule has 1 aliphatic carbocycles. The second-order valence-corrected chi connectivity index (χ2v) is 7.82. The van der Waals surface area contributed by atoms with Crippen molar-refractivity contribution in [1.29, 1.82) is 0 Å². The Morgan fingerprint density at radius 1 is 1.00 bits per heavy atom. The molecule has 5 heteroatoms. The van der Waals surface area contributed by atoms with Gasteiger partial charge >= 0.3 is 0 Å². The number of benzene rings is 2. The number of rotatable bonds is 6. The van der Waals surface area contributed by atoms with Gasteiger partial charge in [-0.3, -0.25) is 0 Å². The van der Waals surface area contributed by atoms with Gasteiger partial charge in [-0.25, -0.2) is 14.4 Å². The highest BCUT2D eigenvalue weighted by Gasteiger charge is 2.21. The molecule has 0 radical (unpaired) electrons. The molecule has 1 saturated carbocycles. The number of halogens is 1. The van der Waals surface area contributed by atoms with Crippen molar-refractivity contribution in [1.82, 2.24) is 9.97 Å².